The van der Waals surface area contributed by atoms with Gasteiger partial charge in [0.25, 0.3) is 0 Å². The van der Waals surface area contributed by atoms with E-state index in [1.54, 1.807) is 0 Å². The van der Waals surface area contributed by atoms with Crippen molar-refractivity contribution in [2.45, 2.75) is 31.6 Å². The highest BCUT2D eigenvalue weighted by Gasteiger charge is 2.22. The highest BCUT2D eigenvalue weighted by Crippen LogP contribution is 2.32. The van der Waals surface area contributed by atoms with E-state index in [0.717, 1.165) is 19.4 Å². The van der Waals surface area contributed by atoms with Gasteiger partial charge in [-0.05, 0) is 30.4 Å². The lowest BCUT2D eigenvalue weighted by Gasteiger charge is -2.18. The van der Waals surface area contributed by atoms with E-state index < -0.39 is 0 Å². The van der Waals surface area contributed by atoms with Crippen LogP contribution in [0, 0.1) is 0 Å². The Morgan fingerprint density at radius 3 is 2.24 bits per heavy atom. The average Bonchev–Trinajstić information content (AvgIpc) is 2.83. The average molecular weight is 331 g/mol. The van der Waals surface area contributed by atoms with Crippen LogP contribution in [0.5, 0.6) is 0 Å². The van der Waals surface area contributed by atoms with Crippen LogP contribution in [0.25, 0.3) is 0 Å². The van der Waals surface area contributed by atoms with E-state index >= 15 is 0 Å². The van der Waals surface area contributed by atoms with Crippen molar-refractivity contribution in [3.05, 3.63) is 83.0 Å². The first-order valence-corrected chi connectivity index (χ1v) is 9.21. The molecule has 2 heterocycles. The van der Waals surface area contributed by atoms with E-state index in [0.29, 0.717) is 5.92 Å². The van der Waals surface area contributed by atoms with Crippen LogP contribution in [0.4, 0.5) is 5.82 Å². The SMILES string of the molecule is Cn1nc(CC(c2ccccc2)c2ccccc2)c2c1NCCCC2. The molecule has 0 spiro atoms. The first-order chi connectivity index (χ1) is 12.3. The van der Waals surface area contributed by atoms with Gasteiger partial charge in [0.15, 0.2) is 0 Å². The summed E-state index contributed by atoms with van der Waals surface area (Å²) in [6.07, 6.45) is 4.54. The van der Waals surface area contributed by atoms with Crippen LogP contribution in [-0.2, 0) is 19.9 Å². The Hall–Kier alpha value is -2.55. The fourth-order valence-electron chi connectivity index (χ4n) is 3.90. The molecule has 2 aromatic carbocycles. The summed E-state index contributed by atoms with van der Waals surface area (Å²) in [6.45, 7) is 1.05. The van der Waals surface area contributed by atoms with Crippen molar-refractivity contribution in [2.24, 2.45) is 7.05 Å². The molecule has 3 heteroatoms. The highest BCUT2D eigenvalue weighted by molar-refractivity contribution is 5.50. The molecule has 3 aromatic rings. The Labute approximate surface area is 149 Å². The molecular formula is C22H25N3. The minimum atomic E-state index is 0.338. The van der Waals surface area contributed by atoms with Gasteiger partial charge in [-0.1, -0.05) is 60.7 Å². The van der Waals surface area contributed by atoms with Gasteiger partial charge < -0.3 is 5.32 Å². The molecule has 0 amide bonds. The summed E-state index contributed by atoms with van der Waals surface area (Å²) in [7, 11) is 2.06. The second-order valence-electron chi connectivity index (χ2n) is 6.86. The van der Waals surface area contributed by atoms with E-state index in [1.807, 2.05) is 4.68 Å². The fraction of sp³-hybridized carbons (Fsp3) is 0.318. The number of aromatic nitrogens is 2. The Bertz CT molecular complexity index is 782. The molecule has 25 heavy (non-hydrogen) atoms. The summed E-state index contributed by atoms with van der Waals surface area (Å²) >= 11 is 0. The standard InChI is InChI=1S/C22H25N3/c1-25-22-19(14-8-9-15-23-22)21(24-25)16-20(17-10-4-2-5-11-17)18-12-6-3-7-13-18/h2-7,10-13,20,23H,8-9,14-16H2,1H3. The van der Waals surface area contributed by atoms with Crippen LogP contribution in [0.15, 0.2) is 60.7 Å². The normalized spacial score (nSPS) is 14.0. The first-order valence-electron chi connectivity index (χ1n) is 9.21. The highest BCUT2D eigenvalue weighted by atomic mass is 15.3. The van der Waals surface area contributed by atoms with Crippen LogP contribution in [0.3, 0.4) is 0 Å². The van der Waals surface area contributed by atoms with Crippen molar-refractivity contribution >= 4 is 5.82 Å². The number of hydrogen-bond donors (Lipinski definition) is 1. The molecule has 4 rings (SSSR count). The third kappa shape index (κ3) is 3.32. The number of anilines is 1. The van der Waals surface area contributed by atoms with Gasteiger partial charge in [-0.2, -0.15) is 5.10 Å². The summed E-state index contributed by atoms with van der Waals surface area (Å²) in [6, 6.07) is 21.6. The molecule has 1 aliphatic rings. The number of nitrogens with zero attached hydrogens (tertiary/aromatic N) is 2. The van der Waals surface area contributed by atoms with Crippen LogP contribution < -0.4 is 5.32 Å². The lowest BCUT2D eigenvalue weighted by Crippen LogP contribution is -2.07. The molecule has 0 atom stereocenters. The third-order valence-electron chi connectivity index (χ3n) is 5.18. The largest absolute Gasteiger partial charge is 0.370 e. The summed E-state index contributed by atoms with van der Waals surface area (Å²) in [5.74, 6) is 1.55. The van der Waals surface area contributed by atoms with Crippen molar-refractivity contribution in [2.75, 3.05) is 11.9 Å². The van der Waals surface area contributed by atoms with E-state index in [2.05, 4.69) is 73.0 Å². The van der Waals surface area contributed by atoms with E-state index in [4.69, 9.17) is 5.10 Å². The minimum absolute atomic E-state index is 0.338. The Morgan fingerprint density at radius 2 is 1.60 bits per heavy atom. The molecule has 1 aromatic heterocycles. The van der Waals surface area contributed by atoms with Gasteiger partial charge in [0, 0.05) is 31.5 Å². The van der Waals surface area contributed by atoms with Gasteiger partial charge in [-0.15, -0.1) is 0 Å². The van der Waals surface area contributed by atoms with Gasteiger partial charge in [-0.3, -0.25) is 4.68 Å². The predicted octanol–water partition coefficient (Wildman–Crippen LogP) is 4.54. The Balaban J connectivity index is 1.73. The maximum Gasteiger partial charge on any atom is 0.127 e. The molecule has 1 N–H and O–H groups in total. The van der Waals surface area contributed by atoms with Crippen molar-refractivity contribution in [3.63, 3.8) is 0 Å². The first kappa shape index (κ1) is 15.9. The maximum atomic E-state index is 4.88. The number of aryl methyl sites for hydroxylation is 1. The number of nitrogens with one attached hydrogen (secondary N) is 1. The van der Waals surface area contributed by atoms with Gasteiger partial charge in [0.1, 0.15) is 5.82 Å². The molecule has 0 bridgehead atoms. The van der Waals surface area contributed by atoms with Crippen molar-refractivity contribution < 1.29 is 0 Å². The molecule has 128 valence electrons. The smallest absolute Gasteiger partial charge is 0.127 e. The fourth-order valence-corrected chi connectivity index (χ4v) is 3.90. The van der Waals surface area contributed by atoms with Crippen LogP contribution >= 0.6 is 0 Å². The number of fused-ring (bicyclic) bond motifs is 1. The topological polar surface area (TPSA) is 29.9 Å². The summed E-state index contributed by atoms with van der Waals surface area (Å²) in [5, 5.41) is 8.45. The van der Waals surface area contributed by atoms with Gasteiger partial charge in [0.05, 0.1) is 5.69 Å². The molecule has 1 aliphatic heterocycles. The number of rotatable bonds is 4. The van der Waals surface area contributed by atoms with E-state index in [1.165, 1.54) is 41.0 Å². The molecular weight excluding hydrogens is 306 g/mol. The van der Waals surface area contributed by atoms with E-state index in [-0.39, 0.29) is 0 Å². The van der Waals surface area contributed by atoms with Crippen molar-refractivity contribution in [1.82, 2.24) is 9.78 Å². The molecule has 0 radical (unpaired) electrons. The molecule has 0 aliphatic carbocycles. The van der Waals surface area contributed by atoms with Crippen LogP contribution in [-0.4, -0.2) is 16.3 Å². The molecule has 3 nitrogen and oxygen atoms in total. The molecule has 0 fully saturated rings. The molecule has 0 saturated carbocycles. The Morgan fingerprint density at radius 1 is 0.960 bits per heavy atom. The minimum Gasteiger partial charge on any atom is -0.370 e. The Kier molecular flexibility index (Phi) is 4.55. The number of benzene rings is 2. The predicted molar refractivity (Wildman–Crippen MR) is 103 cm³/mol. The summed E-state index contributed by atoms with van der Waals surface area (Å²) in [4.78, 5) is 0. The zero-order chi connectivity index (χ0) is 17.1. The second-order valence-corrected chi connectivity index (χ2v) is 6.86. The molecule has 0 unspecified atom stereocenters. The third-order valence-corrected chi connectivity index (χ3v) is 5.18. The van der Waals surface area contributed by atoms with Crippen molar-refractivity contribution in [3.8, 4) is 0 Å². The lowest BCUT2D eigenvalue weighted by molar-refractivity contribution is 0.700. The maximum absolute atomic E-state index is 4.88. The van der Waals surface area contributed by atoms with Gasteiger partial charge in [0.2, 0.25) is 0 Å². The quantitative estimate of drug-likeness (QED) is 0.760. The second kappa shape index (κ2) is 7.14. The molecule has 0 saturated heterocycles. The van der Waals surface area contributed by atoms with Crippen LogP contribution in [0.2, 0.25) is 0 Å². The van der Waals surface area contributed by atoms with Crippen LogP contribution in [0.1, 0.15) is 41.1 Å². The summed E-state index contributed by atoms with van der Waals surface area (Å²) in [5.41, 5.74) is 5.37. The van der Waals surface area contributed by atoms with Crippen molar-refractivity contribution in [1.29, 1.82) is 0 Å². The zero-order valence-electron chi connectivity index (χ0n) is 14.8. The zero-order valence-corrected chi connectivity index (χ0v) is 14.8. The number of hydrogen-bond acceptors (Lipinski definition) is 2. The van der Waals surface area contributed by atoms with Gasteiger partial charge in [-0.25, -0.2) is 0 Å². The monoisotopic (exact) mass is 331 g/mol. The van der Waals surface area contributed by atoms with E-state index in [9.17, 15) is 0 Å². The summed E-state index contributed by atoms with van der Waals surface area (Å²) < 4.78 is 2.03. The lowest BCUT2D eigenvalue weighted by atomic mass is 9.86. The van der Waals surface area contributed by atoms with Gasteiger partial charge >= 0.3 is 0 Å².